The number of carbonyl (C=O) groups is 2. The fourth-order valence-electron chi connectivity index (χ4n) is 1.87. The molecule has 6 nitrogen and oxygen atoms in total. The highest BCUT2D eigenvalue weighted by Gasteiger charge is 2.13. The Morgan fingerprint density at radius 3 is 2.71 bits per heavy atom. The molecule has 0 saturated carbocycles. The first kappa shape index (κ1) is 17.0. The lowest BCUT2D eigenvalue weighted by Gasteiger charge is -2.08. The van der Waals surface area contributed by atoms with Gasteiger partial charge in [0, 0.05) is 5.69 Å². The maximum absolute atomic E-state index is 13.5. The van der Waals surface area contributed by atoms with Crippen LogP contribution >= 0.6 is 0 Å². The van der Waals surface area contributed by atoms with Crippen molar-refractivity contribution in [3.63, 3.8) is 0 Å². The summed E-state index contributed by atoms with van der Waals surface area (Å²) in [5.74, 6) is -2.11. The van der Waals surface area contributed by atoms with Gasteiger partial charge in [-0.15, -0.1) is 0 Å². The maximum atomic E-state index is 13.5. The highest BCUT2D eigenvalue weighted by molar-refractivity contribution is 5.95. The molecule has 122 valence electrons. The zero-order valence-corrected chi connectivity index (χ0v) is 12.7. The Balaban J connectivity index is 1.92. The number of hydrogen-bond acceptors (Lipinski definition) is 5. The summed E-state index contributed by atoms with van der Waals surface area (Å²) in [6.07, 6.45) is 0. The summed E-state index contributed by atoms with van der Waals surface area (Å²) in [5, 5.41) is 11.3. The SMILES string of the molecule is COc1ccc(C(=O)OCC(=O)Nc2cccc(C#N)c2)cc1F. The Hall–Kier alpha value is -3.40. The zero-order valence-electron chi connectivity index (χ0n) is 12.7. The van der Waals surface area contributed by atoms with E-state index >= 15 is 0 Å². The molecule has 0 aromatic heterocycles. The molecule has 0 bridgehead atoms. The number of amides is 1. The van der Waals surface area contributed by atoms with Crippen LogP contribution in [0.3, 0.4) is 0 Å². The Labute approximate surface area is 137 Å². The van der Waals surface area contributed by atoms with Crippen LogP contribution in [0.2, 0.25) is 0 Å². The van der Waals surface area contributed by atoms with E-state index in [0.717, 1.165) is 6.07 Å². The van der Waals surface area contributed by atoms with E-state index in [-0.39, 0.29) is 11.3 Å². The second kappa shape index (κ2) is 7.74. The number of methoxy groups -OCH3 is 1. The minimum atomic E-state index is -0.836. The van der Waals surface area contributed by atoms with Gasteiger partial charge in [-0.1, -0.05) is 6.07 Å². The molecular weight excluding hydrogens is 315 g/mol. The van der Waals surface area contributed by atoms with Crippen LogP contribution in [0.5, 0.6) is 5.75 Å². The van der Waals surface area contributed by atoms with E-state index in [9.17, 15) is 14.0 Å². The van der Waals surface area contributed by atoms with Gasteiger partial charge in [-0.3, -0.25) is 4.79 Å². The van der Waals surface area contributed by atoms with E-state index in [1.54, 1.807) is 18.2 Å². The average molecular weight is 328 g/mol. The summed E-state index contributed by atoms with van der Waals surface area (Å²) in [5.41, 5.74) is 0.761. The number of esters is 1. The molecule has 1 amide bonds. The highest BCUT2D eigenvalue weighted by Crippen LogP contribution is 2.18. The Kier molecular flexibility index (Phi) is 5.47. The van der Waals surface area contributed by atoms with Crippen LogP contribution in [-0.2, 0) is 9.53 Å². The monoisotopic (exact) mass is 328 g/mol. The van der Waals surface area contributed by atoms with Gasteiger partial charge >= 0.3 is 5.97 Å². The van der Waals surface area contributed by atoms with Gasteiger partial charge in [0.2, 0.25) is 0 Å². The molecule has 0 fully saturated rings. The number of nitrogens with zero attached hydrogens (tertiary/aromatic N) is 1. The maximum Gasteiger partial charge on any atom is 0.338 e. The van der Waals surface area contributed by atoms with E-state index in [1.807, 2.05) is 6.07 Å². The summed E-state index contributed by atoms with van der Waals surface area (Å²) >= 11 is 0. The van der Waals surface area contributed by atoms with Gasteiger partial charge in [0.1, 0.15) is 0 Å². The molecule has 0 saturated heterocycles. The third kappa shape index (κ3) is 4.30. The largest absolute Gasteiger partial charge is 0.494 e. The van der Waals surface area contributed by atoms with Crippen LogP contribution in [0.1, 0.15) is 15.9 Å². The predicted molar refractivity (Wildman–Crippen MR) is 83.0 cm³/mol. The number of hydrogen-bond donors (Lipinski definition) is 1. The number of ether oxygens (including phenoxy) is 2. The molecule has 0 radical (unpaired) electrons. The molecule has 0 heterocycles. The van der Waals surface area contributed by atoms with Crippen molar-refractivity contribution in [2.75, 3.05) is 19.0 Å². The molecule has 0 aliphatic rings. The second-order valence-electron chi connectivity index (χ2n) is 4.67. The minimum Gasteiger partial charge on any atom is -0.494 e. The molecule has 2 aromatic carbocycles. The zero-order chi connectivity index (χ0) is 17.5. The van der Waals surface area contributed by atoms with Crippen LogP contribution in [0, 0.1) is 17.1 Å². The number of halogens is 1. The lowest BCUT2D eigenvalue weighted by molar-refractivity contribution is -0.119. The predicted octanol–water partition coefficient (Wildman–Crippen LogP) is 2.50. The molecule has 7 heteroatoms. The molecule has 2 rings (SSSR count). The molecule has 0 unspecified atom stereocenters. The van der Waals surface area contributed by atoms with Gasteiger partial charge < -0.3 is 14.8 Å². The number of anilines is 1. The quantitative estimate of drug-likeness (QED) is 0.852. The summed E-state index contributed by atoms with van der Waals surface area (Å²) in [7, 11) is 1.31. The van der Waals surface area contributed by atoms with E-state index < -0.39 is 24.3 Å². The van der Waals surface area contributed by atoms with Gasteiger partial charge in [-0.05, 0) is 36.4 Å². The van der Waals surface area contributed by atoms with Gasteiger partial charge in [-0.2, -0.15) is 5.26 Å². The number of nitrogens with one attached hydrogen (secondary N) is 1. The van der Waals surface area contributed by atoms with Gasteiger partial charge in [0.15, 0.2) is 18.2 Å². The van der Waals surface area contributed by atoms with Gasteiger partial charge in [-0.25, -0.2) is 9.18 Å². The number of rotatable bonds is 5. The van der Waals surface area contributed by atoms with E-state index in [4.69, 9.17) is 14.7 Å². The molecule has 0 aliphatic heterocycles. The number of nitriles is 1. The standard InChI is InChI=1S/C17H13FN2O4/c1-23-15-6-5-12(8-14(15)18)17(22)24-10-16(21)20-13-4-2-3-11(7-13)9-19/h2-8H,10H2,1H3,(H,20,21). The van der Waals surface area contributed by atoms with Crippen molar-refractivity contribution >= 4 is 17.6 Å². The normalized spacial score (nSPS) is 9.71. The number of carbonyl (C=O) groups excluding carboxylic acids is 2. The Morgan fingerprint density at radius 2 is 2.04 bits per heavy atom. The summed E-state index contributed by atoms with van der Waals surface area (Å²) in [6.45, 7) is -0.538. The van der Waals surface area contributed by atoms with Crippen molar-refractivity contribution in [3.05, 3.63) is 59.4 Å². The van der Waals surface area contributed by atoms with Gasteiger partial charge in [0.25, 0.3) is 5.91 Å². The average Bonchev–Trinajstić information content (AvgIpc) is 2.59. The van der Waals surface area contributed by atoms with Crippen molar-refractivity contribution in [1.82, 2.24) is 0 Å². The van der Waals surface area contributed by atoms with Crippen LogP contribution in [0.25, 0.3) is 0 Å². The van der Waals surface area contributed by atoms with E-state index in [2.05, 4.69) is 5.32 Å². The van der Waals surface area contributed by atoms with Crippen LogP contribution in [-0.4, -0.2) is 25.6 Å². The third-order valence-corrected chi connectivity index (χ3v) is 3.00. The second-order valence-corrected chi connectivity index (χ2v) is 4.67. The highest BCUT2D eigenvalue weighted by atomic mass is 19.1. The summed E-state index contributed by atoms with van der Waals surface area (Å²) < 4.78 is 23.1. The first-order chi connectivity index (χ1) is 11.5. The first-order valence-electron chi connectivity index (χ1n) is 6.84. The lowest BCUT2D eigenvalue weighted by Crippen LogP contribution is -2.21. The van der Waals surface area contributed by atoms with Crippen molar-refractivity contribution < 1.29 is 23.5 Å². The fraction of sp³-hybridized carbons (Fsp3) is 0.118. The molecule has 0 aliphatic carbocycles. The molecular formula is C17H13FN2O4. The van der Waals surface area contributed by atoms with Crippen LogP contribution < -0.4 is 10.1 Å². The van der Waals surface area contributed by atoms with Crippen molar-refractivity contribution in [3.8, 4) is 11.8 Å². The smallest absolute Gasteiger partial charge is 0.338 e. The Morgan fingerprint density at radius 1 is 1.25 bits per heavy atom. The van der Waals surface area contributed by atoms with Crippen molar-refractivity contribution in [1.29, 1.82) is 5.26 Å². The fourth-order valence-corrected chi connectivity index (χ4v) is 1.87. The molecule has 0 spiro atoms. The minimum absolute atomic E-state index is 0.00154. The summed E-state index contributed by atoms with van der Waals surface area (Å²) in [6, 6.07) is 11.8. The lowest BCUT2D eigenvalue weighted by atomic mass is 10.2. The molecule has 1 N–H and O–H groups in total. The van der Waals surface area contributed by atoms with Crippen molar-refractivity contribution in [2.45, 2.75) is 0 Å². The Bertz CT molecular complexity index is 814. The van der Waals surface area contributed by atoms with E-state index in [0.29, 0.717) is 11.3 Å². The van der Waals surface area contributed by atoms with E-state index in [1.165, 1.54) is 25.3 Å². The molecule has 24 heavy (non-hydrogen) atoms. The first-order valence-corrected chi connectivity index (χ1v) is 6.84. The number of benzene rings is 2. The van der Waals surface area contributed by atoms with Gasteiger partial charge in [0.05, 0.1) is 24.3 Å². The van der Waals surface area contributed by atoms with Crippen LogP contribution in [0.15, 0.2) is 42.5 Å². The molecule has 2 aromatic rings. The third-order valence-electron chi connectivity index (χ3n) is 3.00. The van der Waals surface area contributed by atoms with Crippen molar-refractivity contribution in [2.24, 2.45) is 0 Å². The summed E-state index contributed by atoms with van der Waals surface area (Å²) in [4.78, 5) is 23.6. The molecule has 0 atom stereocenters. The van der Waals surface area contributed by atoms with Crippen LogP contribution in [0.4, 0.5) is 10.1 Å². The topological polar surface area (TPSA) is 88.4 Å².